The molecule has 0 fully saturated rings. The molecule has 0 aromatic heterocycles. The van der Waals surface area contributed by atoms with Crippen molar-refractivity contribution in [2.45, 2.75) is 19.5 Å². The highest BCUT2D eigenvalue weighted by Crippen LogP contribution is 2.35. The van der Waals surface area contributed by atoms with Crippen molar-refractivity contribution in [1.82, 2.24) is 5.01 Å². The molecule has 1 aliphatic heterocycles. The minimum atomic E-state index is -4.44. The first-order chi connectivity index (χ1) is 15.6. The normalized spacial score (nSPS) is 18.2. The van der Waals surface area contributed by atoms with Crippen LogP contribution >= 0.6 is 11.6 Å². The Morgan fingerprint density at radius 1 is 1.03 bits per heavy atom. The van der Waals surface area contributed by atoms with Gasteiger partial charge in [0.1, 0.15) is 0 Å². The molecule has 0 saturated heterocycles. The maximum Gasteiger partial charge on any atom is 0.416 e. The standard InChI is InChI=1S/C25H21ClF3N3O/c1-24(15-17-5-3-2-4-6-17)16-32(31-22(24)18-7-11-20(26)12-8-18)23(33)30-21-13-9-19(10-14-21)25(27,28)29/h2-14H,15-16H2,1H3,(H,30,33). The van der Waals surface area contributed by atoms with Gasteiger partial charge in [-0.3, -0.25) is 0 Å². The van der Waals surface area contributed by atoms with E-state index in [1.807, 2.05) is 49.4 Å². The van der Waals surface area contributed by atoms with E-state index in [4.69, 9.17) is 11.6 Å². The van der Waals surface area contributed by atoms with E-state index in [1.165, 1.54) is 17.1 Å². The van der Waals surface area contributed by atoms with Gasteiger partial charge in [-0.1, -0.05) is 61.0 Å². The van der Waals surface area contributed by atoms with Gasteiger partial charge in [0.05, 0.1) is 17.8 Å². The third-order valence-electron chi connectivity index (χ3n) is 5.54. The van der Waals surface area contributed by atoms with Gasteiger partial charge in [-0.25, -0.2) is 9.80 Å². The van der Waals surface area contributed by atoms with Crippen LogP contribution in [0.5, 0.6) is 0 Å². The van der Waals surface area contributed by atoms with Gasteiger partial charge in [-0.05, 0) is 53.9 Å². The Kier molecular flexibility index (Phi) is 6.17. The third kappa shape index (κ3) is 5.20. The lowest BCUT2D eigenvalue weighted by Crippen LogP contribution is -2.37. The molecule has 0 bridgehead atoms. The van der Waals surface area contributed by atoms with Crippen molar-refractivity contribution in [2.75, 3.05) is 11.9 Å². The Bertz CT molecular complexity index is 1160. The number of alkyl halides is 3. The van der Waals surface area contributed by atoms with Crippen LogP contribution in [0.15, 0.2) is 84.0 Å². The summed E-state index contributed by atoms with van der Waals surface area (Å²) in [6.45, 7) is 2.35. The Labute approximate surface area is 194 Å². The number of nitrogens with zero attached hydrogens (tertiary/aromatic N) is 2. The van der Waals surface area contributed by atoms with Gasteiger partial charge in [0.2, 0.25) is 0 Å². The smallest absolute Gasteiger partial charge is 0.306 e. The molecule has 1 unspecified atom stereocenters. The van der Waals surface area contributed by atoms with Crippen LogP contribution in [0.4, 0.5) is 23.7 Å². The van der Waals surface area contributed by atoms with Crippen molar-refractivity contribution in [3.05, 3.63) is 101 Å². The molecule has 3 aromatic carbocycles. The van der Waals surface area contributed by atoms with Gasteiger partial charge < -0.3 is 5.32 Å². The summed E-state index contributed by atoms with van der Waals surface area (Å²) in [7, 11) is 0. The lowest BCUT2D eigenvalue weighted by molar-refractivity contribution is -0.137. The Balaban J connectivity index is 1.59. The van der Waals surface area contributed by atoms with Crippen LogP contribution < -0.4 is 5.32 Å². The van der Waals surface area contributed by atoms with Crippen molar-refractivity contribution in [1.29, 1.82) is 0 Å². The Morgan fingerprint density at radius 2 is 1.67 bits per heavy atom. The predicted molar refractivity (Wildman–Crippen MR) is 123 cm³/mol. The SMILES string of the molecule is CC1(Cc2ccccc2)CN(C(=O)Nc2ccc(C(F)(F)F)cc2)N=C1c1ccc(Cl)cc1. The summed E-state index contributed by atoms with van der Waals surface area (Å²) in [6, 6.07) is 21.0. The number of anilines is 1. The minimum absolute atomic E-state index is 0.257. The molecule has 1 aliphatic rings. The van der Waals surface area contributed by atoms with E-state index in [1.54, 1.807) is 12.1 Å². The molecule has 0 spiro atoms. The number of carbonyl (C=O) groups is 1. The monoisotopic (exact) mass is 471 g/mol. The summed E-state index contributed by atoms with van der Waals surface area (Å²) < 4.78 is 38.4. The van der Waals surface area contributed by atoms with Crippen LogP contribution in [0.3, 0.4) is 0 Å². The van der Waals surface area contributed by atoms with E-state index in [9.17, 15) is 18.0 Å². The Morgan fingerprint density at radius 3 is 2.27 bits per heavy atom. The van der Waals surface area contributed by atoms with Crippen LogP contribution in [-0.2, 0) is 12.6 Å². The highest BCUT2D eigenvalue weighted by Gasteiger charge is 2.41. The van der Waals surface area contributed by atoms with Gasteiger partial charge in [0.15, 0.2) is 0 Å². The number of benzene rings is 3. The molecular weight excluding hydrogens is 451 g/mol. The van der Waals surface area contributed by atoms with Crippen LogP contribution in [0.1, 0.15) is 23.6 Å². The molecule has 170 valence electrons. The number of hydrazone groups is 1. The van der Waals surface area contributed by atoms with Crippen LogP contribution in [-0.4, -0.2) is 23.3 Å². The van der Waals surface area contributed by atoms with E-state index in [-0.39, 0.29) is 5.69 Å². The molecule has 8 heteroatoms. The van der Waals surface area contributed by atoms with Crippen molar-refractivity contribution in [3.8, 4) is 0 Å². The maximum atomic E-state index is 12.9. The first-order valence-corrected chi connectivity index (χ1v) is 10.7. The number of amides is 2. The lowest BCUT2D eigenvalue weighted by atomic mass is 9.77. The Hall–Kier alpha value is -3.32. The number of nitrogens with one attached hydrogen (secondary N) is 1. The number of rotatable bonds is 4. The summed E-state index contributed by atoms with van der Waals surface area (Å²) in [4.78, 5) is 12.9. The average Bonchev–Trinajstić information content (AvgIpc) is 3.12. The molecule has 1 atom stereocenters. The topological polar surface area (TPSA) is 44.7 Å². The fourth-order valence-corrected chi connectivity index (χ4v) is 4.06. The summed E-state index contributed by atoms with van der Waals surface area (Å²) in [5, 5.41) is 9.16. The van der Waals surface area contributed by atoms with Gasteiger partial charge in [-0.2, -0.15) is 18.3 Å². The second-order valence-electron chi connectivity index (χ2n) is 8.24. The lowest BCUT2D eigenvalue weighted by Gasteiger charge is -2.26. The maximum absolute atomic E-state index is 12.9. The minimum Gasteiger partial charge on any atom is -0.306 e. The molecule has 0 radical (unpaired) electrons. The fourth-order valence-electron chi connectivity index (χ4n) is 3.93. The molecule has 0 aliphatic carbocycles. The third-order valence-corrected chi connectivity index (χ3v) is 5.80. The summed E-state index contributed by atoms with van der Waals surface area (Å²) in [5.41, 5.74) is 1.69. The fraction of sp³-hybridized carbons (Fsp3) is 0.200. The van der Waals surface area contributed by atoms with E-state index < -0.39 is 23.2 Å². The zero-order chi connectivity index (χ0) is 23.6. The first kappa shape index (κ1) is 22.9. The molecule has 2 amide bonds. The number of hydrogen-bond acceptors (Lipinski definition) is 2. The first-order valence-electron chi connectivity index (χ1n) is 10.3. The molecule has 3 aromatic rings. The largest absolute Gasteiger partial charge is 0.416 e. The summed E-state index contributed by atoms with van der Waals surface area (Å²) in [5.74, 6) is 0. The van der Waals surface area contributed by atoms with Crippen molar-refractivity contribution in [2.24, 2.45) is 10.5 Å². The second kappa shape index (κ2) is 8.90. The van der Waals surface area contributed by atoms with E-state index in [2.05, 4.69) is 10.4 Å². The second-order valence-corrected chi connectivity index (χ2v) is 8.68. The molecular formula is C25H21ClF3N3O. The predicted octanol–water partition coefficient (Wildman–Crippen LogP) is 6.86. The van der Waals surface area contributed by atoms with Crippen LogP contribution in [0, 0.1) is 5.41 Å². The number of halogens is 4. The molecule has 33 heavy (non-hydrogen) atoms. The van der Waals surface area contributed by atoms with Gasteiger partial charge in [0, 0.05) is 16.1 Å². The highest BCUT2D eigenvalue weighted by molar-refractivity contribution is 6.30. The molecule has 1 N–H and O–H groups in total. The van der Waals surface area contributed by atoms with Crippen LogP contribution in [0.25, 0.3) is 0 Å². The molecule has 4 rings (SSSR count). The number of carbonyl (C=O) groups excluding carboxylic acids is 1. The van der Waals surface area contributed by atoms with E-state index in [0.29, 0.717) is 18.0 Å². The van der Waals surface area contributed by atoms with Crippen molar-refractivity contribution < 1.29 is 18.0 Å². The zero-order valence-corrected chi connectivity index (χ0v) is 18.5. The molecule has 4 nitrogen and oxygen atoms in total. The quantitative estimate of drug-likeness (QED) is 0.444. The van der Waals surface area contributed by atoms with Crippen molar-refractivity contribution in [3.63, 3.8) is 0 Å². The van der Waals surface area contributed by atoms with Crippen LogP contribution in [0.2, 0.25) is 5.02 Å². The number of hydrogen-bond donors (Lipinski definition) is 1. The zero-order valence-electron chi connectivity index (χ0n) is 17.7. The van der Waals surface area contributed by atoms with E-state index in [0.717, 1.165) is 29.0 Å². The number of urea groups is 1. The van der Waals surface area contributed by atoms with E-state index >= 15 is 0 Å². The van der Waals surface area contributed by atoms with Gasteiger partial charge in [0.25, 0.3) is 0 Å². The molecule has 1 heterocycles. The van der Waals surface area contributed by atoms with Gasteiger partial charge >= 0.3 is 12.2 Å². The van der Waals surface area contributed by atoms with Crippen molar-refractivity contribution >= 4 is 29.0 Å². The highest BCUT2D eigenvalue weighted by atomic mass is 35.5. The molecule has 0 saturated carbocycles. The van der Waals surface area contributed by atoms with Gasteiger partial charge in [-0.15, -0.1) is 0 Å². The summed E-state index contributed by atoms with van der Waals surface area (Å²) in [6.07, 6.45) is -3.78. The average molecular weight is 472 g/mol. The summed E-state index contributed by atoms with van der Waals surface area (Å²) >= 11 is 6.04.